The van der Waals surface area contributed by atoms with E-state index in [4.69, 9.17) is 14.2 Å². The van der Waals surface area contributed by atoms with Gasteiger partial charge in [0, 0.05) is 26.2 Å². The molecule has 1 N–H and O–H groups in total. The van der Waals surface area contributed by atoms with Crippen LogP contribution in [0.3, 0.4) is 0 Å². The van der Waals surface area contributed by atoms with Crippen LogP contribution in [0.2, 0.25) is 0 Å². The molecule has 0 aromatic carbocycles. The van der Waals surface area contributed by atoms with Crippen LogP contribution in [0.25, 0.3) is 0 Å². The van der Waals surface area contributed by atoms with Crippen LogP contribution < -0.4 is 0 Å². The standard InChI is InChI=1S/C37H75NO5/c1-4-7-10-12-19-25-34-42-37(43-35-26-20-13-11-8-5-2)28-22-16-18-24-30-38(31-32-39)29-23-17-14-15-21-27-36(40)41-33-9-6-3/h37,39H,4-35H2,1-3H3. The monoisotopic (exact) mass is 614 g/mol. The van der Waals surface area contributed by atoms with Gasteiger partial charge in [-0.25, -0.2) is 0 Å². The molecule has 258 valence electrons. The predicted octanol–water partition coefficient (Wildman–Crippen LogP) is 10.00. The van der Waals surface area contributed by atoms with Gasteiger partial charge in [0.25, 0.3) is 0 Å². The van der Waals surface area contributed by atoms with Crippen LogP contribution in [-0.2, 0) is 19.0 Å². The van der Waals surface area contributed by atoms with Crippen LogP contribution in [0, 0.1) is 0 Å². The third kappa shape index (κ3) is 32.5. The SMILES string of the molecule is CCCCCCCCOC(CCCCCCN(CCO)CCCCCCCC(=O)OCCCC)OCCCCCCCC. The molecule has 0 fully saturated rings. The number of esters is 1. The quantitative estimate of drug-likeness (QED) is 0.0431. The fraction of sp³-hybridized carbons (Fsp3) is 0.973. The zero-order chi connectivity index (χ0) is 31.5. The van der Waals surface area contributed by atoms with E-state index in [0.29, 0.717) is 13.0 Å². The van der Waals surface area contributed by atoms with Gasteiger partial charge in [-0.05, 0) is 64.5 Å². The minimum absolute atomic E-state index is 0.0381. The van der Waals surface area contributed by atoms with Crippen LogP contribution in [0.5, 0.6) is 0 Å². The summed E-state index contributed by atoms with van der Waals surface area (Å²) >= 11 is 0. The lowest BCUT2D eigenvalue weighted by molar-refractivity contribution is -0.148. The van der Waals surface area contributed by atoms with E-state index in [-0.39, 0.29) is 18.9 Å². The summed E-state index contributed by atoms with van der Waals surface area (Å²) in [6.07, 6.45) is 29.3. The van der Waals surface area contributed by atoms with Crippen LogP contribution in [0.4, 0.5) is 0 Å². The first-order valence-corrected chi connectivity index (χ1v) is 18.9. The second-order valence-electron chi connectivity index (χ2n) is 12.6. The predicted molar refractivity (Wildman–Crippen MR) is 183 cm³/mol. The summed E-state index contributed by atoms with van der Waals surface area (Å²) in [6, 6.07) is 0. The molecule has 6 nitrogen and oxygen atoms in total. The first-order valence-electron chi connectivity index (χ1n) is 18.9. The zero-order valence-electron chi connectivity index (χ0n) is 29.2. The minimum Gasteiger partial charge on any atom is -0.466 e. The Morgan fingerprint density at radius 1 is 0.535 bits per heavy atom. The number of aliphatic hydroxyl groups excluding tert-OH is 1. The maximum atomic E-state index is 11.7. The maximum absolute atomic E-state index is 11.7. The van der Waals surface area contributed by atoms with Crippen molar-refractivity contribution in [2.45, 2.75) is 188 Å². The Morgan fingerprint density at radius 3 is 1.53 bits per heavy atom. The third-order valence-electron chi connectivity index (χ3n) is 8.30. The van der Waals surface area contributed by atoms with Gasteiger partial charge < -0.3 is 24.2 Å². The number of aliphatic hydroxyl groups is 1. The van der Waals surface area contributed by atoms with Crippen molar-refractivity contribution in [1.29, 1.82) is 0 Å². The summed E-state index contributed by atoms with van der Waals surface area (Å²) < 4.78 is 17.6. The van der Waals surface area contributed by atoms with Gasteiger partial charge in [-0.15, -0.1) is 0 Å². The van der Waals surface area contributed by atoms with E-state index in [0.717, 1.165) is 97.1 Å². The van der Waals surface area contributed by atoms with Crippen LogP contribution in [0.15, 0.2) is 0 Å². The molecule has 0 aliphatic rings. The zero-order valence-corrected chi connectivity index (χ0v) is 29.2. The fourth-order valence-corrected chi connectivity index (χ4v) is 5.42. The van der Waals surface area contributed by atoms with Crippen molar-refractivity contribution in [3.05, 3.63) is 0 Å². The number of carbonyl (C=O) groups excluding carboxylic acids is 1. The Labute approximate surface area is 268 Å². The molecule has 0 aromatic heterocycles. The van der Waals surface area contributed by atoms with Gasteiger partial charge in [0.05, 0.1) is 13.2 Å². The lowest BCUT2D eigenvalue weighted by atomic mass is 10.1. The fourth-order valence-electron chi connectivity index (χ4n) is 5.42. The van der Waals surface area contributed by atoms with E-state index >= 15 is 0 Å². The molecule has 0 atom stereocenters. The van der Waals surface area contributed by atoms with Gasteiger partial charge >= 0.3 is 5.97 Å². The van der Waals surface area contributed by atoms with Gasteiger partial charge in [-0.1, -0.05) is 124 Å². The molecule has 0 amide bonds. The highest BCUT2D eigenvalue weighted by Crippen LogP contribution is 2.14. The Balaban J connectivity index is 4.04. The Morgan fingerprint density at radius 2 is 1.00 bits per heavy atom. The Bertz CT molecular complexity index is 529. The first kappa shape index (κ1) is 42.3. The topological polar surface area (TPSA) is 68.2 Å². The number of hydrogen-bond donors (Lipinski definition) is 1. The summed E-state index contributed by atoms with van der Waals surface area (Å²) in [5.74, 6) is -0.0422. The van der Waals surface area contributed by atoms with Crippen LogP contribution in [-0.4, -0.2) is 68.3 Å². The first-order chi connectivity index (χ1) is 21.2. The average Bonchev–Trinajstić information content (AvgIpc) is 3.00. The van der Waals surface area contributed by atoms with Gasteiger partial charge in [0.1, 0.15) is 0 Å². The highest BCUT2D eigenvalue weighted by molar-refractivity contribution is 5.69. The van der Waals surface area contributed by atoms with E-state index in [9.17, 15) is 9.90 Å². The van der Waals surface area contributed by atoms with Crippen molar-refractivity contribution < 1.29 is 24.1 Å². The molecular formula is C37H75NO5. The molecule has 0 heterocycles. The molecule has 43 heavy (non-hydrogen) atoms. The van der Waals surface area contributed by atoms with E-state index < -0.39 is 0 Å². The summed E-state index contributed by atoms with van der Waals surface area (Å²) in [6.45, 7) is 12.0. The summed E-state index contributed by atoms with van der Waals surface area (Å²) in [5.41, 5.74) is 0. The van der Waals surface area contributed by atoms with E-state index in [1.165, 1.54) is 89.9 Å². The number of carbonyl (C=O) groups is 1. The van der Waals surface area contributed by atoms with E-state index in [1.54, 1.807) is 0 Å². The molecule has 0 saturated carbocycles. The number of nitrogens with zero attached hydrogens (tertiary/aromatic N) is 1. The number of rotatable bonds is 36. The highest BCUT2D eigenvalue weighted by atomic mass is 16.7. The number of hydrogen-bond acceptors (Lipinski definition) is 6. The third-order valence-corrected chi connectivity index (χ3v) is 8.30. The van der Waals surface area contributed by atoms with Gasteiger partial charge in [0.2, 0.25) is 0 Å². The summed E-state index contributed by atoms with van der Waals surface area (Å²) in [7, 11) is 0. The van der Waals surface area contributed by atoms with Crippen molar-refractivity contribution in [2.24, 2.45) is 0 Å². The normalized spacial score (nSPS) is 11.7. The molecule has 0 radical (unpaired) electrons. The van der Waals surface area contributed by atoms with Crippen molar-refractivity contribution in [3.63, 3.8) is 0 Å². The molecule has 0 aliphatic carbocycles. The highest BCUT2D eigenvalue weighted by Gasteiger charge is 2.10. The molecular weight excluding hydrogens is 538 g/mol. The minimum atomic E-state index is -0.0422. The van der Waals surface area contributed by atoms with Gasteiger partial charge in [-0.2, -0.15) is 0 Å². The largest absolute Gasteiger partial charge is 0.466 e. The molecule has 6 heteroatoms. The van der Waals surface area contributed by atoms with Crippen molar-refractivity contribution in [1.82, 2.24) is 4.90 Å². The molecule has 0 aromatic rings. The second kappa shape index (κ2) is 35.8. The molecule has 0 aliphatic heterocycles. The van der Waals surface area contributed by atoms with Crippen molar-refractivity contribution in [2.75, 3.05) is 46.1 Å². The number of ether oxygens (including phenoxy) is 3. The number of unbranched alkanes of at least 4 members (excludes halogenated alkanes) is 18. The van der Waals surface area contributed by atoms with E-state index in [1.807, 2.05) is 0 Å². The lowest BCUT2D eigenvalue weighted by Crippen LogP contribution is -2.29. The van der Waals surface area contributed by atoms with Crippen molar-refractivity contribution in [3.8, 4) is 0 Å². The van der Waals surface area contributed by atoms with E-state index in [2.05, 4.69) is 25.7 Å². The van der Waals surface area contributed by atoms with Gasteiger partial charge in [0.15, 0.2) is 6.29 Å². The maximum Gasteiger partial charge on any atom is 0.305 e. The second-order valence-corrected chi connectivity index (χ2v) is 12.6. The molecule has 0 rings (SSSR count). The molecule has 0 spiro atoms. The Kier molecular flexibility index (Phi) is 35.2. The molecule has 0 unspecified atom stereocenters. The summed E-state index contributed by atoms with van der Waals surface area (Å²) in [4.78, 5) is 14.1. The molecule has 0 saturated heterocycles. The van der Waals surface area contributed by atoms with Gasteiger partial charge in [-0.3, -0.25) is 4.79 Å². The molecule has 0 bridgehead atoms. The summed E-state index contributed by atoms with van der Waals surface area (Å²) in [5, 5.41) is 9.51. The smallest absolute Gasteiger partial charge is 0.305 e. The van der Waals surface area contributed by atoms with Crippen molar-refractivity contribution >= 4 is 5.97 Å². The average molecular weight is 614 g/mol. The Hall–Kier alpha value is -0.690. The van der Waals surface area contributed by atoms with Crippen LogP contribution in [0.1, 0.15) is 181 Å². The van der Waals surface area contributed by atoms with Crippen LogP contribution >= 0.6 is 0 Å². The lowest BCUT2D eigenvalue weighted by Gasteiger charge is -2.21.